The van der Waals surface area contributed by atoms with Crippen LogP contribution in [0.15, 0.2) is 48.5 Å². The van der Waals surface area contributed by atoms with Gasteiger partial charge in [0, 0.05) is 36.4 Å². The summed E-state index contributed by atoms with van der Waals surface area (Å²) in [6, 6.07) is 13.5. The first-order valence-electron chi connectivity index (χ1n) is 9.43. The minimum Gasteiger partial charge on any atom is -0.451 e. The third-order valence-electron chi connectivity index (χ3n) is 4.36. The molecule has 0 bridgehead atoms. The number of carbonyl (C=O) groups excluding carboxylic acids is 3. The first-order valence-corrected chi connectivity index (χ1v) is 9.43. The van der Waals surface area contributed by atoms with Gasteiger partial charge in [-0.1, -0.05) is 26.8 Å². The molecule has 0 saturated carbocycles. The van der Waals surface area contributed by atoms with E-state index in [1.807, 2.05) is 45.8 Å². The molecule has 2 rings (SSSR count). The first kappa shape index (κ1) is 22.1. The lowest BCUT2D eigenvalue weighted by Crippen LogP contribution is -2.27. The number of Topliss-reactive ketones (excluding diaryl/α,β-unsaturated/α-hetero) is 1. The quantitative estimate of drug-likeness (QED) is 0.586. The van der Waals surface area contributed by atoms with Crippen LogP contribution in [0, 0.1) is 5.41 Å². The van der Waals surface area contributed by atoms with Gasteiger partial charge in [-0.25, -0.2) is 4.79 Å². The maximum atomic E-state index is 12.6. The van der Waals surface area contributed by atoms with E-state index in [-0.39, 0.29) is 11.7 Å². The van der Waals surface area contributed by atoms with E-state index < -0.39 is 17.5 Å². The van der Waals surface area contributed by atoms with E-state index in [1.54, 1.807) is 49.4 Å². The van der Waals surface area contributed by atoms with Gasteiger partial charge in [0.1, 0.15) is 0 Å². The predicted molar refractivity (Wildman–Crippen MR) is 115 cm³/mol. The van der Waals surface area contributed by atoms with Crippen LogP contribution in [0.5, 0.6) is 0 Å². The Morgan fingerprint density at radius 1 is 0.966 bits per heavy atom. The zero-order chi connectivity index (χ0) is 21.8. The molecule has 0 aromatic heterocycles. The van der Waals surface area contributed by atoms with Crippen molar-refractivity contribution in [3.63, 3.8) is 0 Å². The Hall–Kier alpha value is -3.15. The zero-order valence-electron chi connectivity index (χ0n) is 17.8. The molecule has 6 nitrogen and oxygen atoms in total. The van der Waals surface area contributed by atoms with E-state index in [4.69, 9.17) is 4.74 Å². The van der Waals surface area contributed by atoms with E-state index in [9.17, 15) is 14.4 Å². The largest absolute Gasteiger partial charge is 0.451 e. The lowest BCUT2D eigenvalue weighted by atomic mass is 9.95. The van der Waals surface area contributed by atoms with Crippen LogP contribution in [-0.2, 0) is 9.53 Å². The fraction of sp³-hybridized carbons (Fsp3) is 0.348. The summed E-state index contributed by atoms with van der Waals surface area (Å²) in [5.41, 5.74) is 1.75. The Bertz CT molecular complexity index is 896. The highest BCUT2D eigenvalue weighted by molar-refractivity contribution is 6.02. The summed E-state index contributed by atoms with van der Waals surface area (Å²) >= 11 is 0. The number of nitrogens with one attached hydrogen (secondary N) is 1. The van der Waals surface area contributed by atoms with Crippen molar-refractivity contribution in [1.29, 1.82) is 0 Å². The van der Waals surface area contributed by atoms with E-state index in [0.717, 1.165) is 5.69 Å². The minimum atomic E-state index is -0.930. The number of amides is 1. The van der Waals surface area contributed by atoms with E-state index in [0.29, 0.717) is 16.8 Å². The second kappa shape index (κ2) is 8.90. The van der Waals surface area contributed by atoms with Crippen molar-refractivity contribution < 1.29 is 19.1 Å². The van der Waals surface area contributed by atoms with Crippen LogP contribution in [0.3, 0.4) is 0 Å². The summed E-state index contributed by atoms with van der Waals surface area (Å²) in [6.45, 7) is 7.02. The van der Waals surface area contributed by atoms with Crippen molar-refractivity contribution in [3.8, 4) is 0 Å². The van der Waals surface area contributed by atoms with Crippen molar-refractivity contribution in [2.75, 3.05) is 24.3 Å². The number of esters is 1. The molecule has 154 valence electrons. The highest BCUT2D eigenvalue weighted by atomic mass is 16.5. The number of nitrogens with zero attached hydrogens (tertiary/aromatic N) is 1. The van der Waals surface area contributed by atoms with Crippen LogP contribution in [0.1, 0.15) is 48.4 Å². The fourth-order valence-electron chi connectivity index (χ4n) is 2.46. The van der Waals surface area contributed by atoms with Crippen LogP contribution in [0.25, 0.3) is 0 Å². The van der Waals surface area contributed by atoms with Crippen LogP contribution in [0.2, 0.25) is 0 Å². The highest BCUT2D eigenvalue weighted by Crippen LogP contribution is 2.19. The Morgan fingerprint density at radius 2 is 1.59 bits per heavy atom. The maximum absolute atomic E-state index is 12.6. The topological polar surface area (TPSA) is 75.7 Å². The number of ether oxygens (including phenoxy) is 1. The maximum Gasteiger partial charge on any atom is 0.338 e. The summed E-state index contributed by atoms with van der Waals surface area (Å²) in [5.74, 6) is -0.974. The Morgan fingerprint density at radius 3 is 2.14 bits per heavy atom. The van der Waals surface area contributed by atoms with Crippen LogP contribution in [0.4, 0.5) is 11.4 Å². The van der Waals surface area contributed by atoms with E-state index in [1.165, 1.54) is 0 Å². The summed E-state index contributed by atoms with van der Waals surface area (Å²) in [5, 5.41) is 2.81. The molecule has 1 atom stereocenters. The van der Waals surface area contributed by atoms with Gasteiger partial charge in [-0.3, -0.25) is 9.59 Å². The van der Waals surface area contributed by atoms with Gasteiger partial charge in [-0.2, -0.15) is 0 Å². The molecule has 0 aliphatic rings. The minimum absolute atomic E-state index is 0.112. The van der Waals surface area contributed by atoms with Crippen molar-refractivity contribution >= 4 is 29.0 Å². The van der Waals surface area contributed by atoms with Crippen LogP contribution in [-0.4, -0.2) is 37.9 Å². The molecule has 0 heterocycles. The average molecular weight is 396 g/mol. The third-order valence-corrected chi connectivity index (χ3v) is 4.36. The SMILES string of the molecule is C[C@H](OC(=O)c1cccc(N(C)C)c1)C(=O)c1ccc(NC(=O)C(C)(C)C)cc1. The van der Waals surface area contributed by atoms with E-state index >= 15 is 0 Å². The molecule has 0 radical (unpaired) electrons. The number of hydrogen-bond donors (Lipinski definition) is 1. The molecule has 0 spiro atoms. The molecular weight excluding hydrogens is 368 g/mol. The molecule has 0 aliphatic heterocycles. The summed E-state index contributed by atoms with van der Waals surface area (Å²) in [6.07, 6.45) is -0.930. The van der Waals surface area contributed by atoms with Crippen LogP contribution >= 0.6 is 0 Å². The second-order valence-corrected chi connectivity index (χ2v) is 8.14. The van der Waals surface area contributed by atoms with Gasteiger partial charge in [-0.15, -0.1) is 0 Å². The lowest BCUT2D eigenvalue weighted by molar-refractivity contribution is -0.123. The van der Waals surface area contributed by atoms with Crippen molar-refractivity contribution in [2.24, 2.45) is 5.41 Å². The summed E-state index contributed by atoms with van der Waals surface area (Å²) in [4.78, 5) is 38.9. The van der Waals surface area contributed by atoms with Gasteiger partial charge in [0.15, 0.2) is 6.10 Å². The first-order chi connectivity index (χ1) is 13.5. The number of rotatable bonds is 6. The van der Waals surface area contributed by atoms with Gasteiger partial charge in [-0.05, 0) is 49.4 Å². The molecule has 1 amide bonds. The van der Waals surface area contributed by atoms with Gasteiger partial charge in [0.2, 0.25) is 11.7 Å². The predicted octanol–water partition coefficient (Wildman–Crippen LogP) is 4.17. The zero-order valence-corrected chi connectivity index (χ0v) is 17.8. The van der Waals surface area contributed by atoms with Crippen molar-refractivity contribution in [3.05, 3.63) is 59.7 Å². The number of hydrogen-bond acceptors (Lipinski definition) is 5. The molecule has 0 fully saturated rings. The normalized spacial score (nSPS) is 12.1. The molecule has 0 aliphatic carbocycles. The summed E-state index contributed by atoms with van der Waals surface area (Å²) in [7, 11) is 3.76. The van der Waals surface area contributed by atoms with Crippen molar-refractivity contribution in [2.45, 2.75) is 33.8 Å². The van der Waals surface area contributed by atoms with Gasteiger partial charge in [0.25, 0.3) is 0 Å². The van der Waals surface area contributed by atoms with Crippen LogP contribution < -0.4 is 10.2 Å². The molecular formula is C23H28N2O4. The molecule has 0 unspecified atom stereocenters. The molecule has 29 heavy (non-hydrogen) atoms. The fourth-order valence-corrected chi connectivity index (χ4v) is 2.46. The average Bonchev–Trinajstić information content (AvgIpc) is 2.67. The van der Waals surface area contributed by atoms with E-state index in [2.05, 4.69) is 5.32 Å². The Labute approximate surface area is 171 Å². The molecule has 6 heteroatoms. The number of anilines is 2. The number of ketones is 1. The smallest absolute Gasteiger partial charge is 0.338 e. The van der Waals surface area contributed by atoms with Gasteiger partial charge in [0.05, 0.1) is 5.56 Å². The van der Waals surface area contributed by atoms with Crippen molar-refractivity contribution in [1.82, 2.24) is 0 Å². The third kappa shape index (κ3) is 5.91. The molecule has 1 N–H and O–H groups in total. The lowest BCUT2D eigenvalue weighted by Gasteiger charge is -2.18. The molecule has 2 aromatic rings. The van der Waals surface area contributed by atoms with Gasteiger partial charge < -0.3 is 15.0 Å². The highest BCUT2D eigenvalue weighted by Gasteiger charge is 2.23. The molecule has 0 saturated heterocycles. The standard InChI is InChI=1S/C23H28N2O4/c1-15(29-21(27)17-8-7-9-19(14-17)25(5)6)20(26)16-10-12-18(13-11-16)24-22(28)23(2,3)4/h7-15H,1-6H3,(H,24,28)/t15-/m0/s1. The second-order valence-electron chi connectivity index (χ2n) is 8.14. The Balaban J connectivity index is 2.03. The molecule has 2 aromatic carbocycles. The number of carbonyl (C=O) groups is 3. The Kier molecular flexibility index (Phi) is 6.80. The monoisotopic (exact) mass is 396 g/mol. The summed E-state index contributed by atoms with van der Waals surface area (Å²) < 4.78 is 5.35. The van der Waals surface area contributed by atoms with Gasteiger partial charge >= 0.3 is 5.97 Å². The number of benzene rings is 2.